The van der Waals surface area contributed by atoms with E-state index in [-0.39, 0.29) is 22.6 Å². The third-order valence-corrected chi connectivity index (χ3v) is 6.69. The standard InChI is InChI=1S/C24H29N4O3/c1-16-22(20(23(25)30)11-21(29)26(16)2)24(31)28-14-18-12-27(13-19(18)15-28)10-6-9-17-7-4-3-5-8-17/h3-5,7-9,11,18-19H,6,10,12-15H2,1-2H3,(H2,25,30)/t18-,19?/m0/s1. The van der Waals surface area contributed by atoms with Gasteiger partial charge in [-0.05, 0) is 43.7 Å². The van der Waals surface area contributed by atoms with Gasteiger partial charge in [-0.2, -0.15) is 0 Å². The van der Waals surface area contributed by atoms with Crippen LogP contribution >= 0.6 is 0 Å². The van der Waals surface area contributed by atoms with Crippen LogP contribution in [0.3, 0.4) is 0 Å². The van der Waals surface area contributed by atoms with Crippen molar-refractivity contribution < 1.29 is 9.59 Å². The second kappa shape index (κ2) is 8.67. The molecule has 2 aliphatic rings. The number of primary amides is 1. The quantitative estimate of drug-likeness (QED) is 0.764. The minimum absolute atomic E-state index is 0.0146. The first-order valence-corrected chi connectivity index (χ1v) is 10.8. The highest BCUT2D eigenvalue weighted by molar-refractivity contribution is 6.07. The second-order valence-electron chi connectivity index (χ2n) is 8.67. The average molecular weight is 422 g/mol. The largest absolute Gasteiger partial charge is 0.366 e. The summed E-state index contributed by atoms with van der Waals surface area (Å²) in [5, 5.41) is 0. The molecule has 2 amide bonds. The summed E-state index contributed by atoms with van der Waals surface area (Å²) in [6.07, 6.45) is 3.27. The molecule has 1 aromatic heterocycles. The minimum Gasteiger partial charge on any atom is -0.366 e. The molecular formula is C24H29N4O3. The Labute approximate surface area is 182 Å². The van der Waals surface area contributed by atoms with Crippen molar-refractivity contribution >= 4 is 11.8 Å². The van der Waals surface area contributed by atoms with Crippen molar-refractivity contribution in [1.82, 2.24) is 14.4 Å². The van der Waals surface area contributed by atoms with Crippen LogP contribution in [0.25, 0.3) is 0 Å². The minimum atomic E-state index is -0.746. The van der Waals surface area contributed by atoms with E-state index in [1.54, 1.807) is 14.0 Å². The SMILES string of the molecule is Cc1c(C(=O)N2CC3CN(CC[CH]c4ccccc4)C[C@H]3C2)c(C(N)=O)cc(=O)n1C. The number of carbonyl (C=O) groups is 2. The number of carbonyl (C=O) groups excluding carboxylic acids is 2. The topological polar surface area (TPSA) is 88.6 Å². The lowest BCUT2D eigenvalue weighted by Gasteiger charge is -2.23. The Hall–Kier alpha value is -2.93. The van der Waals surface area contributed by atoms with Crippen LogP contribution in [0.1, 0.15) is 38.4 Å². The maximum Gasteiger partial charge on any atom is 0.256 e. The van der Waals surface area contributed by atoms with Crippen LogP contribution in [0.5, 0.6) is 0 Å². The molecular weight excluding hydrogens is 392 g/mol. The number of hydrogen-bond donors (Lipinski definition) is 1. The van der Waals surface area contributed by atoms with E-state index in [4.69, 9.17) is 5.73 Å². The predicted octanol–water partition coefficient (Wildman–Crippen LogP) is 1.44. The van der Waals surface area contributed by atoms with E-state index in [1.807, 2.05) is 23.1 Å². The van der Waals surface area contributed by atoms with Crippen LogP contribution in [0, 0.1) is 25.2 Å². The van der Waals surface area contributed by atoms with E-state index in [9.17, 15) is 14.4 Å². The molecule has 2 saturated heterocycles. The van der Waals surface area contributed by atoms with Gasteiger partial charge >= 0.3 is 0 Å². The first kappa shape index (κ1) is 21.3. The fraction of sp³-hybridized carbons (Fsp3) is 0.417. The Morgan fingerprint density at radius 1 is 1.10 bits per heavy atom. The normalized spacial score (nSPS) is 20.8. The lowest BCUT2D eigenvalue weighted by Crippen LogP contribution is -2.37. The van der Waals surface area contributed by atoms with Gasteiger partial charge in [0.2, 0.25) is 5.91 Å². The molecule has 0 aliphatic carbocycles. The fourth-order valence-electron chi connectivity index (χ4n) is 4.88. The van der Waals surface area contributed by atoms with Gasteiger partial charge in [-0.25, -0.2) is 0 Å². The highest BCUT2D eigenvalue weighted by Gasteiger charge is 2.42. The number of pyridine rings is 1. The maximum absolute atomic E-state index is 13.3. The van der Waals surface area contributed by atoms with Gasteiger partial charge in [0.25, 0.3) is 11.5 Å². The average Bonchev–Trinajstić information content (AvgIpc) is 3.31. The molecule has 7 heteroatoms. The summed E-state index contributed by atoms with van der Waals surface area (Å²) >= 11 is 0. The Morgan fingerprint density at radius 3 is 2.35 bits per heavy atom. The second-order valence-corrected chi connectivity index (χ2v) is 8.67. The first-order chi connectivity index (χ1) is 14.8. The maximum atomic E-state index is 13.3. The molecule has 4 rings (SSSR count). The van der Waals surface area contributed by atoms with Crippen LogP contribution in [-0.4, -0.2) is 58.9 Å². The third-order valence-electron chi connectivity index (χ3n) is 6.69. The lowest BCUT2D eigenvalue weighted by atomic mass is 10.0. The number of aromatic nitrogens is 1. The van der Waals surface area contributed by atoms with Crippen molar-refractivity contribution in [2.24, 2.45) is 24.6 Å². The van der Waals surface area contributed by atoms with E-state index in [0.29, 0.717) is 30.6 Å². The first-order valence-electron chi connectivity index (χ1n) is 10.8. The zero-order valence-electron chi connectivity index (χ0n) is 18.1. The fourth-order valence-corrected chi connectivity index (χ4v) is 4.88. The van der Waals surface area contributed by atoms with Gasteiger partial charge < -0.3 is 20.1 Å². The van der Waals surface area contributed by atoms with Crippen molar-refractivity contribution in [2.75, 3.05) is 32.7 Å². The van der Waals surface area contributed by atoms with Gasteiger partial charge in [-0.15, -0.1) is 0 Å². The Kier molecular flexibility index (Phi) is 5.96. The molecule has 0 spiro atoms. The van der Waals surface area contributed by atoms with Crippen molar-refractivity contribution in [1.29, 1.82) is 0 Å². The Morgan fingerprint density at radius 2 is 1.74 bits per heavy atom. The molecule has 31 heavy (non-hydrogen) atoms. The molecule has 7 nitrogen and oxygen atoms in total. The van der Waals surface area contributed by atoms with E-state index in [1.165, 1.54) is 16.2 Å². The van der Waals surface area contributed by atoms with Crippen molar-refractivity contribution in [3.05, 3.63) is 75.6 Å². The smallest absolute Gasteiger partial charge is 0.256 e. The zero-order valence-corrected chi connectivity index (χ0v) is 18.1. The number of rotatable bonds is 6. The van der Waals surface area contributed by atoms with Gasteiger partial charge in [0.15, 0.2) is 0 Å². The molecule has 2 aromatic rings. The highest BCUT2D eigenvalue weighted by atomic mass is 16.2. The number of likely N-dealkylation sites (tertiary alicyclic amines) is 2. The molecule has 2 atom stereocenters. The Balaban J connectivity index is 1.38. The van der Waals surface area contributed by atoms with Crippen LogP contribution < -0.4 is 11.3 Å². The molecule has 163 valence electrons. The van der Waals surface area contributed by atoms with Gasteiger partial charge in [-0.3, -0.25) is 14.4 Å². The summed E-state index contributed by atoms with van der Waals surface area (Å²) in [5.74, 6) is -0.0827. The summed E-state index contributed by atoms with van der Waals surface area (Å²) in [7, 11) is 1.60. The van der Waals surface area contributed by atoms with E-state index in [2.05, 4.69) is 23.5 Å². The van der Waals surface area contributed by atoms with E-state index in [0.717, 1.165) is 26.1 Å². The van der Waals surface area contributed by atoms with Crippen molar-refractivity contribution in [3.63, 3.8) is 0 Å². The summed E-state index contributed by atoms with van der Waals surface area (Å²) in [4.78, 5) is 41.5. The Bertz CT molecular complexity index is 1030. The number of nitrogens with zero attached hydrogens (tertiary/aromatic N) is 3. The number of amides is 2. The van der Waals surface area contributed by atoms with Crippen LogP contribution in [0.4, 0.5) is 0 Å². The summed E-state index contributed by atoms with van der Waals surface area (Å²) in [5.41, 5.74) is 7.12. The summed E-state index contributed by atoms with van der Waals surface area (Å²) in [6, 6.07) is 11.5. The summed E-state index contributed by atoms with van der Waals surface area (Å²) in [6.45, 7) is 5.99. The zero-order chi connectivity index (χ0) is 22.1. The van der Waals surface area contributed by atoms with Crippen molar-refractivity contribution in [3.8, 4) is 0 Å². The van der Waals surface area contributed by atoms with Crippen LogP contribution in [-0.2, 0) is 7.05 Å². The summed E-state index contributed by atoms with van der Waals surface area (Å²) < 4.78 is 1.39. The van der Waals surface area contributed by atoms with E-state index < -0.39 is 5.91 Å². The molecule has 0 bridgehead atoms. The van der Waals surface area contributed by atoms with Gasteiger partial charge in [0.05, 0.1) is 11.1 Å². The number of hydrogen-bond acceptors (Lipinski definition) is 4. The van der Waals surface area contributed by atoms with Gasteiger partial charge in [0.1, 0.15) is 0 Å². The number of benzene rings is 1. The lowest BCUT2D eigenvalue weighted by molar-refractivity contribution is 0.0766. The van der Waals surface area contributed by atoms with E-state index >= 15 is 0 Å². The molecule has 1 unspecified atom stereocenters. The molecule has 1 radical (unpaired) electrons. The van der Waals surface area contributed by atoms with Gasteiger partial charge in [-0.1, -0.05) is 30.3 Å². The number of nitrogens with two attached hydrogens (primary N) is 1. The predicted molar refractivity (Wildman–Crippen MR) is 119 cm³/mol. The highest BCUT2D eigenvalue weighted by Crippen LogP contribution is 2.32. The van der Waals surface area contributed by atoms with Gasteiger partial charge in [0, 0.05) is 45.0 Å². The monoisotopic (exact) mass is 421 g/mol. The third kappa shape index (κ3) is 4.28. The molecule has 2 N–H and O–H groups in total. The molecule has 2 fully saturated rings. The number of fused-ring (bicyclic) bond motifs is 1. The van der Waals surface area contributed by atoms with Crippen LogP contribution in [0.15, 0.2) is 41.2 Å². The molecule has 1 aromatic carbocycles. The molecule has 2 aliphatic heterocycles. The molecule has 0 saturated carbocycles. The van der Waals surface area contributed by atoms with Crippen LogP contribution in [0.2, 0.25) is 0 Å². The molecule has 3 heterocycles. The van der Waals surface area contributed by atoms with Crippen molar-refractivity contribution in [2.45, 2.75) is 13.3 Å².